The van der Waals surface area contributed by atoms with Crippen molar-refractivity contribution in [2.75, 3.05) is 13.2 Å². The maximum Gasteiger partial charge on any atom is 0.306 e. The second kappa shape index (κ2) is 56.2. The standard InChI is InChI=1S/C62H106O6/c1-4-7-10-13-16-19-22-24-25-26-27-28-29-30-31-32-33-34-35-36-37-39-40-43-46-49-52-55-61(64)67-58-59(57-66-60(63)54-51-48-45-42-21-18-15-12-9-6-3)68-62(65)56-53-50-47-44-41-38-23-20-17-14-11-8-5-2/h7,10,12,15-16,19,24-25,27-28,30-31,33-34,59H,4-6,8-9,11,13-14,17-18,20-23,26,29,32,35-58H2,1-3H3/b10-7-,15-12-,19-16-,25-24-,28-27-,31-30-,34-33-. The van der Waals surface area contributed by atoms with Crippen molar-refractivity contribution in [2.24, 2.45) is 0 Å². The van der Waals surface area contributed by atoms with Crippen LogP contribution >= 0.6 is 0 Å². The van der Waals surface area contributed by atoms with Gasteiger partial charge in [0.2, 0.25) is 0 Å². The molecule has 0 radical (unpaired) electrons. The Morgan fingerprint density at radius 1 is 0.309 bits per heavy atom. The Morgan fingerprint density at radius 2 is 0.603 bits per heavy atom. The lowest BCUT2D eigenvalue weighted by molar-refractivity contribution is -0.167. The van der Waals surface area contributed by atoms with E-state index in [-0.39, 0.29) is 31.1 Å². The highest BCUT2D eigenvalue weighted by molar-refractivity contribution is 5.71. The summed E-state index contributed by atoms with van der Waals surface area (Å²) in [6.45, 7) is 6.46. The van der Waals surface area contributed by atoms with Crippen LogP contribution in [0.3, 0.4) is 0 Å². The molecule has 0 heterocycles. The zero-order valence-electron chi connectivity index (χ0n) is 44.6. The molecule has 0 aliphatic carbocycles. The Kier molecular flexibility index (Phi) is 53.4. The van der Waals surface area contributed by atoms with Crippen LogP contribution in [0.15, 0.2) is 85.1 Å². The van der Waals surface area contributed by atoms with Crippen molar-refractivity contribution < 1.29 is 28.6 Å². The predicted octanol–water partition coefficient (Wildman–Crippen LogP) is 19.2. The van der Waals surface area contributed by atoms with Crippen molar-refractivity contribution in [1.82, 2.24) is 0 Å². The molecule has 0 saturated heterocycles. The van der Waals surface area contributed by atoms with E-state index >= 15 is 0 Å². The topological polar surface area (TPSA) is 78.9 Å². The van der Waals surface area contributed by atoms with Gasteiger partial charge in [-0.25, -0.2) is 0 Å². The van der Waals surface area contributed by atoms with Gasteiger partial charge in [0.15, 0.2) is 6.10 Å². The van der Waals surface area contributed by atoms with E-state index in [1.54, 1.807) is 0 Å². The predicted molar refractivity (Wildman–Crippen MR) is 293 cm³/mol. The summed E-state index contributed by atoms with van der Waals surface area (Å²) in [5, 5.41) is 0. The summed E-state index contributed by atoms with van der Waals surface area (Å²) in [5.74, 6) is -0.895. The van der Waals surface area contributed by atoms with Crippen LogP contribution < -0.4 is 0 Å². The average molecular weight is 948 g/mol. The van der Waals surface area contributed by atoms with Crippen LogP contribution in [0, 0.1) is 0 Å². The normalized spacial score (nSPS) is 12.7. The molecule has 1 atom stereocenters. The van der Waals surface area contributed by atoms with Crippen LogP contribution in [0.5, 0.6) is 0 Å². The minimum atomic E-state index is -0.780. The summed E-state index contributed by atoms with van der Waals surface area (Å²) >= 11 is 0. The molecular weight excluding hydrogens is 841 g/mol. The third kappa shape index (κ3) is 53.5. The summed E-state index contributed by atoms with van der Waals surface area (Å²) in [7, 11) is 0. The molecule has 0 aliphatic heterocycles. The van der Waals surface area contributed by atoms with Gasteiger partial charge < -0.3 is 14.2 Å². The zero-order valence-corrected chi connectivity index (χ0v) is 44.6. The van der Waals surface area contributed by atoms with Gasteiger partial charge in [-0.2, -0.15) is 0 Å². The van der Waals surface area contributed by atoms with Crippen LogP contribution in [0.4, 0.5) is 0 Å². The van der Waals surface area contributed by atoms with Gasteiger partial charge in [0, 0.05) is 19.3 Å². The number of allylic oxidation sites excluding steroid dienone is 14. The van der Waals surface area contributed by atoms with Gasteiger partial charge in [-0.3, -0.25) is 14.4 Å². The van der Waals surface area contributed by atoms with Crippen LogP contribution in [-0.4, -0.2) is 37.2 Å². The van der Waals surface area contributed by atoms with Gasteiger partial charge in [0.05, 0.1) is 0 Å². The van der Waals surface area contributed by atoms with E-state index < -0.39 is 6.10 Å². The Bertz CT molecular complexity index is 1320. The van der Waals surface area contributed by atoms with Crippen molar-refractivity contribution in [3.8, 4) is 0 Å². The van der Waals surface area contributed by atoms with Gasteiger partial charge in [0.1, 0.15) is 13.2 Å². The van der Waals surface area contributed by atoms with Crippen LogP contribution in [-0.2, 0) is 28.6 Å². The van der Waals surface area contributed by atoms with Crippen molar-refractivity contribution in [2.45, 2.75) is 277 Å². The second-order valence-electron chi connectivity index (χ2n) is 18.8. The van der Waals surface area contributed by atoms with E-state index in [9.17, 15) is 14.4 Å². The SMILES string of the molecule is CC/C=C\C/C=C\C/C=C\C/C=C\C/C=C\C/C=C\CCCCCCCCCCC(=O)OCC(COC(=O)CCCCCCC/C=C\CCC)OC(=O)CCCCCCCCCCCCCCC. The van der Waals surface area contributed by atoms with Gasteiger partial charge in [0.25, 0.3) is 0 Å². The first-order valence-corrected chi connectivity index (χ1v) is 28.6. The van der Waals surface area contributed by atoms with Crippen LogP contribution in [0.2, 0.25) is 0 Å². The zero-order chi connectivity index (χ0) is 49.3. The molecule has 0 rings (SSSR count). The maximum absolute atomic E-state index is 12.8. The molecule has 6 heteroatoms. The fourth-order valence-corrected chi connectivity index (χ4v) is 7.86. The molecule has 0 N–H and O–H groups in total. The van der Waals surface area contributed by atoms with Gasteiger partial charge in [-0.1, -0.05) is 247 Å². The number of carbonyl (C=O) groups excluding carboxylic acids is 3. The molecule has 1 unspecified atom stereocenters. The Balaban J connectivity index is 4.24. The van der Waals surface area contributed by atoms with Crippen molar-refractivity contribution in [3.63, 3.8) is 0 Å². The van der Waals surface area contributed by atoms with Crippen molar-refractivity contribution in [1.29, 1.82) is 0 Å². The number of unbranched alkanes of at least 4 members (excludes halogenated alkanes) is 26. The molecule has 0 fully saturated rings. The van der Waals surface area contributed by atoms with Crippen molar-refractivity contribution >= 4 is 17.9 Å². The minimum Gasteiger partial charge on any atom is -0.462 e. The molecule has 390 valence electrons. The molecule has 0 spiro atoms. The second-order valence-corrected chi connectivity index (χ2v) is 18.8. The lowest BCUT2D eigenvalue weighted by Gasteiger charge is -2.18. The first kappa shape index (κ1) is 64.6. The first-order chi connectivity index (χ1) is 33.5. The van der Waals surface area contributed by atoms with E-state index in [1.165, 1.54) is 116 Å². The average Bonchev–Trinajstić information content (AvgIpc) is 3.34. The highest BCUT2D eigenvalue weighted by Gasteiger charge is 2.19. The lowest BCUT2D eigenvalue weighted by atomic mass is 10.0. The molecule has 0 bridgehead atoms. The van der Waals surface area contributed by atoms with E-state index in [1.807, 2.05) is 0 Å². The highest BCUT2D eigenvalue weighted by atomic mass is 16.6. The van der Waals surface area contributed by atoms with E-state index in [0.29, 0.717) is 19.3 Å². The molecule has 0 saturated carbocycles. The molecule has 0 aliphatic rings. The summed E-state index contributed by atoms with van der Waals surface area (Å²) in [4.78, 5) is 38.0. The summed E-state index contributed by atoms with van der Waals surface area (Å²) < 4.78 is 16.8. The number of ether oxygens (including phenoxy) is 3. The molecular formula is C62H106O6. The first-order valence-electron chi connectivity index (χ1n) is 28.6. The number of hydrogen-bond acceptors (Lipinski definition) is 6. The summed E-state index contributed by atoms with van der Waals surface area (Å²) in [6.07, 6.45) is 73.0. The summed E-state index contributed by atoms with van der Waals surface area (Å²) in [6, 6.07) is 0. The van der Waals surface area contributed by atoms with Crippen LogP contribution in [0.25, 0.3) is 0 Å². The van der Waals surface area contributed by atoms with E-state index in [0.717, 1.165) is 116 Å². The quantitative estimate of drug-likeness (QED) is 0.0262. The van der Waals surface area contributed by atoms with E-state index in [2.05, 4.69) is 106 Å². The van der Waals surface area contributed by atoms with E-state index in [4.69, 9.17) is 14.2 Å². The third-order valence-electron chi connectivity index (χ3n) is 12.1. The molecule has 6 nitrogen and oxygen atoms in total. The van der Waals surface area contributed by atoms with Gasteiger partial charge >= 0.3 is 17.9 Å². The summed E-state index contributed by atoms with van der Waals surface area (Å²) in [5.41, 5.74) is 0. The maximum atomic E-state index is 12.8. The Hall–Kier alpha value is -3.41. The molecule has 68 heavy (non-hydrogen) atoms. The number of hydrogen-bond donors (Lipinski definition) is 0. The number of esters is 3. The Labute approximate surface area is 420 Å². The van der Waals surface area contributed by atoms with Crippen molar-refractivity contribution in [3.05, 3.63) is 85.1 Å². The number of rotatable bonds is 51. The largest absolute Gasteiger partial charge is 0.462 e. The smallest absolute Gasteiger partial charge is 0.306 e. The highest BCUT2D eigenvalue weighted by Crippen LogP contribution is 2.15. The molecule has 0 amide bonds. The van der Waals surface area contributed by atoms with Gasteiger partial charge in [-0.05, 0) is 89.9 Å². The fraction of sp³-hybridized carbons (Fsp3) is 0.726. The monoisotopic (exact) mass is 947 g/mol. The lowest BCUT2D eigenvalue weighted by Crippen LogP contribution is -2.30. The minimum absolute atomic E-state index is 0.0814. The number of carbonyl (C=O) groups is 3. The third-order valence-corrected chi connectivity index (χ3v) is 12.1. The molecule has 0 aromatic carbocycles. The molecule has 0 aromatic rings. The van der Waals surface area contributed by atoms with Crippen LogP contribution in [0.1, 0.15) is 271 Å². The Morgan fingerprint density at radius 3 is 0.971 bits per heavy atom. The molecule has 0 aromatic heterocycles. The fourth-order valence-electron chi connectivity index (χ4n) is 7.86. The van der Waals surface area contributed by atoms with Gasteiger partial charge in [-0.15, -0.1) is 0 Å².